The summed E-state index contributed by atoms with van der Waals surface area (Å²) in [4.78, 5) is 47.2. The number of aryl methyl sites for hydroxylation is 2. The lowest BCUT2D eigenvalue weighted by Gasteiger charge is -2.32. The Kier molecular flexibility index (Phi) is 7.30. The van der Waals surface area contributed by atoms with Crippen molar-refractivity contribution in [2.45, 2.75) is 45.4 Å². The largest absolute Gasteiger partial charge is 0.481 e. The van der Waals surface area contributed by atoms with Crippen LogP contribution in [0.2, 0.25) is 0 Å². The highest BCUT2D eigenvalue weighted by Crippen LogP contribution is 2.25. The van der Waals surface area contributed by atoms with Crippen LogP contribution in [0.25, 0.3) is 11.7 Å². The van der Waals surface area contributed by atoms with Gasteiger partial charge >= 0.3 is 11.9 Å². The van der Waals surface area contributed by atoms with E-state index in [1.807, 2.05) is 12.1 Å². The molecule has 4 heterocycles. The molecule has 1 unspecified atom stereocenters. The molecule has 1 saturated heterocycles. The summed E-state index contributed by atoms with van der Waals surface area (Å²) in [6, 6.07) is 3.71. The topological polar surface area (TPSA) is 125 Å². The van der Waals surface area contributed by atoms with Crippen LogP contribution in [-0.2, 0) is 22.4 Å². The number of piperidine rings is 1. The molecule has 1 atom stereocenters. The van der Waals surface area contributed by atoms with E-state index in [0.29, 0.717) is 36.8 Å². The van der Waals surface area contributed by atoms with Crippen LogP contribution < -0.4 is 10.5 Å². The maximum absolute atomic E-state index is 13.3. The van der Waals surface area contributed by atoms with Gasteiger partial charge in [-0.05, 0) is 49.0 Å². The number of anilines is 1. The SMILES string of the molecule is CC(C)c1csc(CCc2ccn3c(=O)c(C=CC(=O)O)c(N4CCCC(C(=O)O)C4)nc3c2)n1. The fourth-order valence-electron chi connectivity index (χ4n) is 4.21. The molecule has 0 radical (unpaired) electrons. The summed E-state index contributed by atoms with van der Waals surface area (Å²) in [6.07, 6.45) is 6.51. The van der Waals surface area contributed by atoms with Crippen molar-refractivity contribution in [3.63, 3.8) is 0 Å². The zero-order valence-corrected chi connectivity index (χ0v) is 20.5. The lowest BCUT2D eigenvalue weighted by Crippen LogP contribution is -2.40. The monoisotopic (exact) mass is 496 g/mol. The van der Waals surface area contributed by atoms with Crippen LogP contribution in [0.5, 0.6) is 0 Å². The summed E-state index contributed by atoms with van der Waals surface area (Å²) >= 11 is 1.64. The molecular formula is C25H28N4O5S. The van der Waals surface area contributed by atoms with Crippen molar-refractivity contribution in [1.29, 1.82) is 0 Å². The molecule has 184 valence electrons. The van der Waals surface area contributed by atoms with Gasteiger partial charge in [-0.3, -0.25) is 14.0 Å². The van der Waals surface area contributed by atoms with E-state index >= 15 is 0 Å². The van der Waals surface area contributed by atoms with Crippen LogP contribution in [0.3, 0.4) is 0 Å². The van der Waals surface area contributed by atoms with Gasteiger partial charge in [-0.15, -0.1) is 11.3 Å². The molecule has 0 spiro atoms. The van der Waals surface area contributed by atoms with Crippen molar-refractivity contribution >= 4 is 40.8 Å². The highest BCUT2D eigenvalue weighted by molar-refractivity contribution is 7.09. The molecule has 0 aliphatic carbocycles. The second-order valence-corrected chi connectivity index (χ2v) is 9.98. The van der Waals surface area contributed by atoms with Crippen molar-refractivity contribution in [2.75, 3.05) is 18.0 Å². The fourth-order valence-corrected chi connectivity index (χ4v) is 5.17. The first-order chi connectivity index (χ1) is 16.7. The van der Waals surface area contributed by atoms with Gasteiger partial charge in [0.2, 0.25) is 0 Å². The summed E-state index contributed by atoms with van der Waals surface area (Å²) in [7, 11) is 0. The van der Waals surface area contributed by atoms with Gasteiger partial charge in [-0.1, -0.05) is 13.8 Å². The molecule has 35 heavy (non-hydrogen) atoms. The van der Waals surface area contributed by atoms with Gasteiger partial charge in [0.15, 0.2) is 0 Å². The average Bonchev–Trinajstić information content (AvgIpc) is 3.31. The standard InChI is InChI=1S/C25H28N4O5S/c1-15(2)19-14-35-21(26-19)7-5-16-9-11-29-20(12-16)27-23(18(24(29)32)6-8-22(30)31)28-10-3-4-17(13-28)25(33)34/h6,8-9,11-12,14-15,17H,3-5,7,10,13H2,1-2H3,(H,30,31)(H,33,34). The molecule has 0 bridgehead atoms. The molecule has 2 N–H and O–H groups in total. The summed E-state index contributed by atoms with van der Waals surface area (Å²) in [5.74, 6) is -1.94. The number of carboxylic acids is 2. The van der Waals surface area contributed by atoms with E-state index in [2.05, 4.69) is 24.2 Å². The molecule has 0 saturated carbocycles. The van der Waals surface area contributed by atoms with Crippen LogP contribution >= 0.6 is 11.3 Å². The number of fused-ring (bicyclic) bond motifs is 1. The van der Waals surface area contributed by atoms with Gasteiger partial charge in [-0.2, -0.15) is 0 Å². The zero-order valence-electron chi connectivity index (χ0n) is 19.7. The minimum atomic E-state index is -1.18. The second kappa shape index (κ2) is 10.4. The Hall–Kier alpha value is -3.53. The van der Waals surface area contributed by atoms with E-state index in [4.69, 9.17) is 10.1 Å². The molecule has 9 nitrogen and oxygen atoms in total. The predicted octanol–water partition coefficient (Wildman–Crippen LogP) is 3.46. The van der Waals surface area contributed by atoms with Crippen LogP contribution in [0, 0.1) is 5.92 Å². The first kappa shape index (κ1) is 24.6. The molecule has 3 aromatic heterocycles. The normalized spacial score (nSPS) is 16.4. The Morgan fingerprint density at radius 2 is 2.06 bits per heavy atom. The molecule has 3 aromatic rings. The number of rotatable bonds is 8. The van der Waals surface area contributed by atoms with Crippen LogP contribution in [-0.4, -0.2) is 49.6 Å². The summed E-state index contributed by atoms with van der Waals surface area (Å²) in [6.45, 7) is 4.99. The molecule has 1 aliphatic rings. The van der Waals surface area contributed by atoms with E-state index in [1.165, 1.54) is 10.5 Å². The minimum absolute atomic E-state index is 0.132. The number of aromatic nitrogens is 3. The van der Waals surface area contributed by atoms with E-state index in [0.717, 1.165) is 35.2 Å². The molecule has 4 rings (SSSR count). The van der Waals surface area contributed by atoms with Gasteiger partial charge in [0.1, 0.15) is 11.5 Å². The van der Waals surface area contributed by atoms with E-state index in [9.17, 15) is 19.5 Å². The van der Waals surface area contributed by atoms with E-state index in [1.54, 1.807) is 22.4 Å². The molecule has 10 heteroatoms. The number of hydrogen-bond donors (Lipinski definition) is 2. The van der Waals surface area contributed by atoms with Crippen molar-refractivity contribution in [3.05, 3.63) is 62.0 Å². The Balaban J connectivity index is 1.69. The first-order valence-corrected chi connectivity index (χ1v) is 12.5. The van der Waals surface area contributed by atoms with Gasteiger partial charge in [-0.25, -0.2) is 14.8 Å². The smallest absolute Gasteiger partial charge is 0.328 e. The van der Waals surface area contributed by atoms with Gasteiger partial charge in [0, 0.05) is 37.2 Å². The second-order valence-electron chi connectivity index (χ2n) is 9.03. The third-order valence-electron chi connectivity index (χ3n) is 6.16. The summed E-state index contributed by atoms with van der Waals surface area (Å²) in [5.41, 5.74) is 2.26. The lowest BCUT2D eigenvalue weighted by atomic mass is 9.98. The van der Waals surface area contributed by atoms with Gasteiger partial charge < -0.3 is 15.1 Å². The van der Waals surface area contributed by atoms with Crippen LogP contribution in [0.15, 0.2) is 34.6 Å². The van der Waals surface area contributed by atoms with Crippen LogP contribution in [0.4, 0.5) is 5.82 Å². The Labute approximate surface area is 206 Å². The first-order valence-electron chi connectivity index (χ1n) is 11.6. The maximum Gasteiger partial charge on any atom is 0.328 e. The van der Waals surface area contributed by atoms with E-state index in [-0.39, 0.29) is 12.1 Å². The zero-order chi connectivity index (χ0) is 25.1. The van der Waals surface area contributed by atoms with E-state index < -0.39 is 23.4 Å². The van der Waals surface area contributed by atoms with Gasteiger partial charge in [0.25, 0.3) is 5.56 Å². The Bertz CT molecular complexity index is 1340. The molecule has 0 amide bonds. The average molecular weight is 497 g/mol. The number of hydrogen-bond acceptors (Lipinski definition) is 7. The Morgan fingerprint density at radius 1 is 1.26 bits per heavy atom. The third kappa shape index (κ3) is 5.59. The third-order valence-corrected chi connectivity index (χ3v) is 7.09. The molecule has 1 fully saturated rings. The number of carboxylic acid groups (broad SMARTS) is 2. The maximum atomic E-state index is 13.3. The van der Waals surface area contributed by atoms with Gasteiger partial charge in [0.05, 0.1) is 22.2 Å². The minimum Gasteiger partial charge on any atom is -0.481 e. The fraction of sp³-hybridized carbons (Fsp3) is 0.400. The molecule has 0 aromatic carbocycles. The lowest BCUT2D eigenvalue weighted by molar-refractivity contribution is -0.142. The predicted molar refractivity (Wildman–Crippen MR) is 134 cm³/mol. The molecular weight excluding hydrogens is 468 g/mol. The number of nitrogens with zero attached hydrogens (tertiary/aromatic N) is 4. The summed E-state index contributed by atoms with van der Waals surface area (Å²) in [5, 5.41) is 21.7. The Morgan fingerprint density at radius 3 is 2.74 bits per heavy atom. The molecule has 1 aliphatic heterocycles. The van der Waals surface area contributed by atoms with Crippen molar-refractivity contribution < 1.29 is 19.8 Å². The van der Waals surface area contributed by atoms with Crippen molar-refractivity contribution in [2.24, 2.45) is 5.92 Å². The number of thiazole rings is 1. The highest BCUT2D eigenvalue weighted by atomic mass is 32.1. The summed E-state index contributed by atoms with van der Waals surface area (Å²) < 4.78 is 1.40. The van der Waals surface area contributed by atoms with Crippen molar-refractivity contribution in [1.82, 2.24) is 14.4 Å². The highest BCUT2D eigenvalue weighted by Gasteiger charge is 2.28. The quantitative estimate of drug-likeness (QED) is 0.454. The number of carbonyl (C=O) groups is 2. The number of aliphatic carboxylic acids is 2. The number of pyridine rings is 1. The van der Waals surface area contributed by atoms with Crippen LogP contribution in [0.1, 0.15) is 54.4 Å². The van der Waals surface area contributed by atoms with Crippen molar-refractivity contribution in [3.8, 4) is 0 Å².